The van der Waals surface area contributed by atoms with Gasteiger partial charge in [0, 0.05) is 24.2 Å². The highest BCUT2D eigenvalue weighted by atomic mass is 15.1. The zero-order valence-corrected chi connectivity index (χ0v) is 13.5. The summed E-state index contributed by atoms with van der Waals surface area (Å²) in [4.78, 5) is 9.18. The molecular formula is C17H24N4. The van der Waals surface area contributed by atoms with Crippen molar-refractivity contribution >= 4 is 17.3 Å². The fraction of sp³-hybridized carbons (Fsp3) is 0.412. The van der Waals surface area contributed by atoms with Crippen molar-refractivity contribution in [3.63, 3.8) is 0 Å². The lowest BCUT2D eigenvalue weighted by Gasteiger charge is -2.15. The monoisotopic (exact) mass is 284 g/mol. The first-order chi connectivity index (χ1) is 10.0. The Labute approximate surface area is 127 Å². The molecule has 0 aliphatic carbocycles. The summed E-state index contributed by atoms with van der Waals surface area (Å²) in [6, 6.07) is 6.43. The molecule has 0 aliphatic rings. The zero-order valence-electron chi connectivity index (χ0n) is 13.5. The average molecular weight is 284 g/mol. The molecule has 0 atom stereocenters. The number of rotatable bonds is 5. The standard InChI is InChI=1S/C17H24N4/c1-6-15-20-16(18-7-2)13(5)17(21-15)19-14-9-11(3)8-12(4)10-14/h8-10H,6-7H2,1-5H3,(H2,18,19,20,21). The average Bonchev–Trinajstić information content (AvgIpc) is 2.42. The van der Waals surface area contributed by atoms with Crippen LogP contribution >= 0.6 is 0 Å². The van der Waals surface area contributed by atoms with Crippen molar-refractivity contribution < 1.29 is 0 Å². The molecule has 1 aromatic heterocycles. The molecule has 21 heavy (non-hydrogen) atoms. The van der Waals surface area contributed by atoms with Crippen molar-refractivity contribution in [2.45, 2.75) is 41.0 Å². The van der Waals surface area contributed by atoms with Crippen LogP contribution in [0, 0.1) is 20.8 Å². The number of aryl methyl sites for hydroxylation is 3. The fourth-order valence-electron chi connectivity index (χ4n) is 2.37. The maximum atomic E-state index is 4.63. The molecule has 0 spiro atoms. The maximum absolute atomic E-state index is 4.63. The summed E-state index contributed by atoms with van der Waals surface area (Å²) >= 11 is 0. The molecule has 1 heterocycles. The molecular weight excluding hydrogens is 260 g/mol. The van der Waals surface area contributed by atoms with Crippen LogP contribution in [0.3, 0.4) is 0 Å². The lowest BCUT2D eigenvalue weighted by molar-refractivity contribution is 0.930. The van der Waals surface area contributed by atoms with Crippen LogP contribution < -0.4 is 10.6 Å². The summed E-state index contributed by atoms with van der Waals surface area (Å²) < 4.78 is 0. The molecule has 0 amide bonds. The van der Waals surface area contributed by atoms with Gasteiger partial charge in [-0.05, 0) is 51.0 Å². The van der Waals surface area contributed by atoms with Gasteiger partial charge < -0.3 is 10.6 Å². The fourth-order valence-corrected chi connectivity index (χ4v) is 2.37. The van der Waals surface area contributed by atoms with Crippen molar-refractivity contribution in [3.05, 3.63) is 40.7 Å². The van der Waals surface area contributed by atoms with Gasteiger partial charge >= 0.3 is 0 Å². The quantitative estimate of drug-likeness (QED) is 0.866. The third kappa shape index (κ3) is 3.72. The summed E-state index contributed by atoms with van der Waals surface area (Å²) in [5.41, 5.74) is 4.60. The van der Waals surface area contributed by atoms with E-state index in [1.807, 2.05) is 6.92 Å². The number of nitrogens with one attached hydrogen (secondary N) is 2. The number of aromatic nitrogens is 2. The highest BCUT2D eigenvalue weighted by Gasteiger charge is 2.10. The predicted octanol–water partition coefficient (Wildman–Crippen LogP) is 4.14. The second-order valence-electron chi connectivity index (χ2n) is 5.35. The van der Waals surface area contributed by atoms with Crippen molar-refractivity contribution in [2.75, 3.05) is 17.2 Å². The van der Waals surface area contributed by atoms with Crippen LogP contribution in [-0.4, -0.2) is 16.5 Å². The number of nitrogens with zero attached hydrogens (tertiary/aromatic N) is 2. The van der Waals surface area contributed by atoms with Gasteiger partial charge in [-0.15, -0.1) is 0 Å². The van der Waals surface area contributed by atoms with Crippen LogP contribution in [0.25, 0.3) is 0 Å². The number of hydrogen-bond acceptors (Lipinski definition) is 4. The number of hydrogen-bond donors (Lipinski definition) is 2. The Bertz CT molecular complexity index is 615. The Morgan fingerprint density at radius 2 is 1.52 bits per heavy atom. The molecule has 1 aromatic carbocycles. The molecule has 0 saturated heterocycles. The summed E-state index contributed by atoms with van der Waals surface area (Å²) in [5.74, 6) is 2.64. The molecule has 4 heteroatoms. The molecule has 0 radical (unpaired) electrons. The largest absolute Gasteiger partial charge is 0.370 e. The van der Waals surface area contributed by atoms with Gasteiger partial charge in [-0.25, -0.2) is 9.97 Å². The van der Waals surface area contributed by atoms with E-state index in [9.17, 15) is 0 Å². The minimum atomic E-state index is 0.820. The van der Waals surface area contributed by atoms with Gasteiger partial charge in [0.1, 0.15) is 17.5 Å². The van der Waals surface area contributed by atoms with E-state index in [1.54, 1.807) is 0 Å². The molecule has 0 fully saturated rings. The van der Waals surface area contributed by atoms with Crippen molar-refractivity contribution in [1.82, 2.24) is 9.97 Å². The summed E-state index contributed by atoms with van der Waals surface area (Å²) in [6.07, 6.45) is 0.820. The molecule has 0 aliphatic heterocycles. The van der Waals surface area contributed by atoms with E-state index < -0.39 is 0 Å². The normalized spacial score (nSPS) is 10.5. The van der Waals surface area contributed by atoms with Gasteiger partial charge in [-0.2, -0.15) is 0 Å². The molecule has 0 bridgehead atoms. The second-order valence-corrected chi connectivity index (χ2v) is 5.35. The molecule has 2 N–H and O–H groups in total. The highest BCUT2D eigenvalue weighted by Crippen LogP contribution is 2.25. The third-order valence-electron chi connectivity index (χ3n) is 3.34. The molecule has 2 aromatic rings. The Morgan fingerprint density at radius 3 is 2.10 bits per heavy atom. The smallest absolute Gasteiger partial charge is 0.139 e. The predicted molar refractivity (Wildman–Crippen MR) is 89.5 cm³/mol. The van der Waals surface area contributed by atoms with E-state index >= 15 is 0 Å². The molecule has 4 nitrogen and oxygen atoms in total. The van der Waals surface area contributed by atoms with E-state index in [0.717, 1.165) is 41.7 Å². The van der Waals surface area contributed by atoms with Crippen molar-refractivity contribution in [1.29, 1.82) is 0 Å². The maximum Gasteiger partial charge on any atom is 0.139 e. The SMILES string of the molecule is CCNc1nc(CC)nc(Nc2cc(C)cc(C)c2)c1C. The van der Waals surface area contributed by atoms with E-state index in [0.29, 0.717) is 0 Å². The Balaban J connectivity index is 2.40. The first-order valence-corrected chi connectivity index (χ1v) is 7.50. The van der Waals surface area contributed by atoms with Gasteiger partial charge in [0.2, 0.25) is 0 Å². The van der Waals surface area contributed by atoms with Crippen LogP contribution in [0.15, 0.2) is 18.2 Å². The molecule has 0 saturated carbocycles. The minimum Gasteiger partial charge on any atom is -0.370 e. The first-order valence-electron chi connectivity index (χ1n) is 7.50. The van der Waals surface area contributed by atoms with E-state index in [2.05, 4.69) is 66.5 Å². The Morgan fingerprint density at radius 1 is 0.905 bits per heavy atom. The molecule has 2 rings (SSSR count). The van der Waals surface area contributed by atoms with Crippen molar-refractivity contribution in [3.8, 4) is 0 Å². The zero-order chi connectivity index (χ0) is 15.4. The second kappa shape index (κ2) is 6.57. The van der Waals surface area contributed by atoms with Crippen LogP contribution in [0.2, 0.25) is 0 Å². The minimum absolute atomic E-state index is 0.820. The highest BCUT2D eigenvalue weighted by molar-refractivity contribution is 5.65. The molecule has 112 valence electrons. The summed E-state index contributed by atoms with van der Waals surface area (Å²) in [5, 5.41) is 6.74. The Hall–Kier alpha value is -2.10. The van der Waals surface area contributed by atoms with Crippen LogP contribution in [0.5, 0.6) is 0 Å². The Kier molecular flexibility index (Phi) is 4.78. The third-order valence-corrected chi connectivity index (χ3v) is 3.34. The van der Waals surface area contributed by atoms with Gasteiger partial charge in [0.15, 0.2) is 0 Å². The summed E-state index contributed by atoms with van der Waals surface area (Å²) in [7, 11) is 0. The number of benzene rings is 1. The van der Waals surface area contributed by atoms with E-state index in [-0.39, 0.29) is 0 Å². The van der Waals surface area contributed by atoms with E-state index in [1.165, 1.54) is 11.1 Å². The first kappa shape index (κ1) is 15.3. The van der Waals surface area contributed by atoms with Gasteiger partial charge in [-0.3, -0.25) is 0 Å². The topological polar surface area (TPSA) is 49.8 Å². The van der Waals surface area contributed by atoms with Crippen LogP contribution in [-0.2, 0) is 6.42 Å². The summed E-state index contributed by atoms with van der Waals surface area (Å²) in [6.45, 7) is 11.2. The van der Waals surface area contributed by atoms with Crippen LogP contribution in [0.1, 0.15) is 36.4 Å². The molecule has 0 unspecified atom stereocenters. The number of anilines is 3. The lowest BCUT2D eigenvalue weighted by Crippen LogP contribution is -2.09. The van der Waals surface area contributed by atoms with Crippen molar-refractivity contribution in [2.24, 2.45) is 0 Å². The lowest BCUT2D eigenvalue weighted by atomic mass is 10.1. The van der Waals surface area contributed by atoms with Crippen LogP contribution in [0.4, 0.5) is 17.3 Å². The van der Waals surface area contributed by atoms with Gasteiger partial charge in [0.05, 0.1) is 0 Å². The van der Waals surface area contributed by atoms with Gasteiger partial charge in [-0.1, -0.05) is 13.0 Å². The van der Waals surface area contributed by atoms with Gasteiger partial charge in [0.25, 0.3) is 0 Å². The van der Waals surface area contributed by atoms with E-state index in [4.69, 9.17) is 0 Å².